The highest BCUT2D eigenvalue weighted by Crippen LogP contribution is 2.26. The van der Waals surface area contributed by atoms with Gasteiger partial charge in [-0.1, -0.05) is 6.92 Å². The molecule has 0 aromatic heterocycles. The highest BCUT2D eigenvalue weighted by atomic mass is 31.1. The van der Waals surface area contributed by atoms with Crippen LogP contribution in [0.1, 0.15) is 13.3 Å². The molecule has 4 nitrogen and oxygen atoms in total. The molecule has 0 fully saturated rings. The Kier molecular flexibility index (Phi) is 4.77. The van der Waals surface area contributed by atoms with Crippen LogP contribution in [0.15, 0.2) is 0 Å². The summed E-state index contributed by atoms with van der Waals surface area (Å²) in [6.07, 6.45) is -6.71. The summed E-state index contributed by atoms with van der Waals surface area (Å²) in [4.78, 5) is 8.13. The van der Waals surface area contributed by atoms with Gasteiger partial charge in [0.1, 0.15) is 0 Å². The molecule has 74 valence electrons. The first-order valence-corrected chi connectivity index (χ1v) is 4.25. The van der Waals surface area contributed by atoms with Crippen molar-refractivity contribution in [2.75, 3.05) is 0 Å². The molecule has 0 aliphatic carbocycles. The topological polar surface area (TPSA) is 55.8 Å². The molecule has 1 N–H and O–H groups in total. The molecule has 0 saturated heterocycles. The van der Waals surface area contributed by atoms with Gasteiger partial charge in [-0.25, -0.2) is 0 Å². The molecule has 0 rings (SSSR count). The first-order valence-electron chi connectivity index (χ1n) is 2.99. The van der Waals surface area contributed by atoms with Crippen LogP contribution in [-0.2, 0) is 13.8 Å². The second-order valence-electron chi connectivity index (χ2n) is 1.79. The summed E-state index contributed by atoms with van der Waals surface area (Å²) in [6, 6.07) is 0. The van der Waals surface area contributed by atoms with Gasteiger partial charge in [0.15, 0.2) is 6.29 Å². The van der Waals surface area contributed by atoms with E-state index in [4.69, 9.17) is 4.89 Å². The van der Waals surface area contributed by atoms with Gasteiger partial charge >= 0.3 is 14.6 Å². The lowest BCUT2D eigenvalue weighted by Crippen LogP contribution is -2.23. The van der Waals surface area contributed by atoms with Gasteiger partial charge in [0.2, 0.25) is 0 Å². The second kappa shape index (κ2) is 4.81. The SMILES string of the molecule is CCC(O[PH](=O)O)OC(F)(F)F. The number of rotatable bonds is 4. The van der Waals surface area contributed by atoms with Gasteiger partial charge in [0.05, 0.1) is 0 Å². The predicted molar refractivity (Wildman–Crippen MR) is 33.5 cm³/mol. The van der Waals surface area contributed by atoms with E-state index in [2.05, 4.69) is 9.26 Å². The van der Waals surface area contributed by atoms with Crippen molar-refractivity contribution in [3.8, 4) is 0 Å². The maximum atomic E-state index is 11.5. The Balaban J connectivity index is 3.92. The van der Waals surface area contributed by atoms with Gasteiger partial charge in [-0.05, 0) is 6.42 Å². The summed E-state index contributed by atoms with van der Waals surface area (Å²) < 4.78 is 51.7. The van der Waals surface area contributed by atoms with E-state index < -0.39 is 20.9 Å². The standard InChI is InChI=1S/C4H8F3O4P/c1-2-3(11-12(8)9)10-4(5,6)7/h3,12H,2H2,1H3,(H,8,9). The molecule has 0 aromatic rings. The fourth-order valence-corrected chi connectivity index (χ4v) is 0.892. The smallest absolute Gasteiger partial charge is 0.326 e. The monoisotopic (exact) mass is 208 g/mol. The van der Waals surface area contributed by atoms with Crippen molar-refractivity contribution in [2.45, 2.75) is 26.0 Å². The van der Waals surface area contributed by atoms with Gasteiger partial charge in [-0.2, -0.15) is 0 Å². The maximum Gasteiger partial charge on any atom is 0.524 e. The van der Waals surface area contributed by atoms with Crippen LogP contribution >= 0.6 is 8.25 Å². The van der Waals surface area contributed by atoms with Crippen LogP contribution in [0.4, 0.5) is 13.2 Å². The molecule has 0 heterocycles. The largest absolute Gasteiger partial charge is 0.524 e. The van der Waals surface area contributed by atoms with Crippen molar-refractivity contribution in [2.24, 2.45) is 0 Å². The summed E-state index contributed by atoms with van der Waals surface area (Å²) in [5.74, 6) is 0. The number of hydrogen-bond donors (Lipinski definition) is 1. The van der Waals surface area contributed by atoms with Gasteiger partial charge in [0.25, 0.3) is 0 Å². The van der Waals surface area contributed by atoms with Gasteiger partial charge in [-0.3, -0.25) is 13.8 Å². The Hall–Kier alpha value is -0.100. The summed E-state index contributed by atoms with van der Waals surface area (Å²) in [5, 5.41) is 0. The van der Waals surface area contributed by atoms with Crippen LogP contribution < -0.4 is 0 Å². The first-order chi connectivity index (χ1) is 5.35. The minimum atomic E-state index is -4.85. The third kappa shape index (κ3) is 6.60. The zero-order valence-corrected chi connectivity index (χ0v) is 7.09. The quantitative estimate of drug-likeness (QED) is 0.563. The van der Waals surface area contributed by atoms with Crippen molar-refractivity contribution < 1.29 is 31.9 Å². The van der Waals surface area contributed by atoms with Crippen LogP contribution in [0.25, 0.3) is 0 Å². The van der Waals surface area contributed by atoms with Crippen LogP contribution in [0.3, 0.4) is 0 Å². The Morgan fingerprint density at radius 1 is 1.58 bits per heavy atom. The molecular formula is C4H8F3O4P. The maximum absolute atomic E-state index is 11.5. The Bertz CT molecular complexity index is 159. The molecule has 0 aliphatic rings. The number of halogens is 3. The highest BCUT2D eigenvalue weighted by molar-refractivity contribution is 7.32. The van der Waals surface area contributed by atoms with Gasteiger partial charge in [0, 0.05) is 0 Å². The molecule has 0 amide bonds. The zero-order chi connectivity index (χ0) is 9.78. The highest BCUT2D eigenvalue weighted by Gasteiger charge is 2.33. The third-order valence-electron chi connectivity index (χ3n) is 0.831. The summed E-state index contributed by atoms with van der Waals surface area (Å²) in [5.41, 5.74) is 0. The Morgan fingerprint density at radius 2 is 2.08 bits per heavy atom. The molecule has 0 bridgehead atoms. The molecule has 2 unspecified atom stereocenters. The van der Waals surface area contributed by atoms with Crippen LogP contribution in [0.2, 0.25) is 0 Å². The molecule has 0 aromatic carbocycles. The van der Waals surface area contributed by atoms with Crippen LogP contribution in [0.5, 0.6) is 0 Å². The Labute approximate surface area is 67.2 Å². The number of hydrogen-bond acceptors (Lipinski definition) is 3. The second-order valence-corrected chi connectivity index (χ2v) is 2.55. The van der Waals surface area contributed by atoms with Gasteiger partial charge in [-0.15, -0.1) is 13.2 Å². The summed E-state index contributed by atoms with van der Waals surface area (Å²) in [7, 11) is -3.39. The lowest BCUT2D eigenvalue weighted by molar-refractivity contribution is -0.367. The van der Waals surface area contributed by atoms with Crippen LogP contribution in [0, 0.1) is 0 Å². The molecule has 0 aliphatic heterocycles. The van der Waals surface area contributed by atoms with Crippen molar-refractivity contribution >= 4 is 8.25 Å². The average Bonchev–Trinajstić information content (AvgIpc) is 1.82. The summed E-state index contributed by atoms with van der Waals surface area (Å²) in [6.45, 7) is 1.33. The van der Waals surface area contributed by atoms with Crippen LogP contribution in [-0.4, -0.2) is 17.5 Å². The van der Waals surface area contributed by atoms with E-state index in [9.17, 15) is 17.7 Å². The summed E-state index contributed by atoms with van der Waals surface area (Å²) >= 11 is 0. The third-order valence-corrected chi connectivity index (χ3v) is 1.30. The predicted octanol–water partition coefficient (Wildman–Crippen LogP) is 1.66. The molecular weight excluding hydrogens is 200 g/mol. The van der Waals surface area contributed by atoms with E-state index in [0.717, 1.165) is 0 Å². The van der Waals surface area contributed by atoms with Crippen molar-refractivity contribution in [3.63, 3.8) is 0 Å². The minimum Gasteiger partial charge on any atom is -0.326 e. The molecule has 0 saturated carbocycles. The normalized spacial score (nSPS) is 17.4. The average molecular weight is 208 g/mol. The first kappa shape index (κ1) is 11.9. The number of ether oxygens (including phenoxy) is 1. The van der Waals surface area contributed by atoms with E-state index in [-0.39, 0.29) is 6.42 Å². The minimum absolute atomic E-state index is 0.156. The van der Waals surface area contributed by atoms with Crippen molar-refractivity contribution in [1.82, 2.24) is 0 Å². The van der Waals surface area contributed by atoms with E-state index in [1.165, 1.54) is 6.92 Å². The lowest BCUT2D eigenvalue weighted by atomic mass is 10.5. The van der Waals surface area contributed by atoms with E-state index in [1.54, 1.807) is 0 Å². The molecule has 8 heteroatoms. The lowest BCUT2D eigenvalue weighted by Gasteiger charge is -2.15. The molecule has 0 spiro atoms. The van der Waals surface area contributed by atoms with E-state index >= 15 is 0 Å². The Morgan fingerprint density at radius 3 is 2.33 bits per heavy atom. The fourth-order valence-electron chi connectivity index (χ4n) is 0.452. The molecule has 0 radical (unpaired) electrons. The molecule has 2 atom stereocenters. The number of alkyl halides is 3. The fraction of sp³-hybridized carbons (Fsp3) is 1.00. The van der Waals surface area contributed by atoms with Crippen molar-refractivity contribution in [1.29, 1.82) is 0 Å². The van der Waals surface area contributed by atoms with E-state index in [1.807, 2.05) is 0 Å². The zero-order valence-electron chi connectivity index (χ0n) is 6.09. The molecule has 12 heavy (non-hydrogen) atoms. The van der Waals surface area contributed by atoms with Crippen molar-refractivity contribution in [3.05, 3.63) is 0 Å². The van der Waals surface area contributed by atoms with E-state index in [0.29, 0.717) is 0 Å². The van der Waals surface area contributed by atoms with Gasteiger partial charge < -0.3 is 4.89 Å².